The van der Waals surface area contributed by atoms with Crippen LogP contribution in [0, 0.1) is 5.92 Å². The van der Waals surface area contributed by atoms with E-state index >= 15 is 0 Å². The van der Waals surface area contributed by atoms with Gasteiger partial charge in [0.2, 0.25) is 0 Å². The zero-order valence-corrected chi connectivity index (χ0v) is 22.4. The third-order valence-corrected chi connectivity index (χ3v) is 8.09. The van der Waals surface area contributed by atoms with Crippen LogP contribution >= 0.6 is 0 Å². The van der Waals surface area contributed by atoms with Gasteiger partial charge in [0, 0.05) is 70.6 Å². The van der Waals surface area contributed by atoms with Crippen LogP contribution in [0.1, 0.15) is 31.0 Å². The third kappa shape index (κ3) is 3.81. The summed E-state index contributed by atoms with van der Waals surface area (Å²) in [4.78, 5) is 4.58. The minimum Gasteiger partial charge on any atom is -0.351 e. The highest BCUT2D eigenvalue weighted by Crippen LogP contribution is 2.43. The molecule has 1 aromatic heterocycles. The van der Waals surface area contributed by atoms with Crippen LogP contribution in [-0.4, -0.2) is 27.5 Å². The lowest BCUT2D eigenvalue weighted by Crippen LogP contribution is -2.37. The van der Waals surface area contributed by atoms with Gasteiger partial charge >= 0.3 is 0 Å². The molecule has 0 radical (unpaired) electrons. The second-order valence-corrected chi connectivity index (χ2v) is 10.4. The van der Waals surface area contributed by atoms with Crippen molar-refractivity contribution in [3.63, 3.8) is 0 Å². The minimum atomic E-state index is 0.00632. The molecule has 2 unspecified atom stereocenters. The molecule has 0 amide bonds. The molecule has 3 heteroatoms. The molecule has 2 aromatic rings. The molecule has 3 heterocycles. The molecule has 0 saturated carbocycles. The molecule has 1 aromatic carbocycles. The van der Waals surface area contributed by atoms with Crippen LogP contribution in [-0.2, 0) is 6.42 Å². The standard InChI is InChI=1S/C35H35N3/c1-6-7-15-31-26(4)35(38-33-16-9-8-12-29(33)30-14-11-18-34(30)38)23-25(3)37(31)27-20-19-24(2)28-13-10-17-32(28)36(5)22-21-27/h6,8-9,11-17,19-23,26-27H,1-3,7,10,18H2,4-5H3/b20-19-,22-21?,31-15-. The highest BCUT2D eigenvalue weighted by Gasteiger charge is 2.33. The van der Waals surface area contributed by atoms with E-state index in [1.807, 2.05) is 6.08 Å². The molecule has 0 fully saturated rings. The molecular formula is C35H35N3. The van der Waals surface area contributed by atoms with E-state index in [9.17, 15) is 0 Å². The smallest absolute Gasteiger partial charge is 0.0723 e. The Morgan fingerprint density at radius 2 is 1.92 bits per heavy atom. The van der Waals surface area contributed by atoms with Gasteiger partial charge in [0.25, 0.3) is 0 Å². The van der Waals surface area contributed by atoms with Crippen molar-refractivity contribution in [2.24, 2.45) is 5.92 Å². The molecule has 2 aliphatic carbocycles. The summed E-state index contributed by atoms with van der Waals surface area (Å²) in [6, 6.07) is 8.75. The first-order valence-electron chi connectivity index (χ1n) is 13.5. The van der Waals surface area contributed by atoms with Gasteiger partial charge in [-0.1, -0.05) is 86.9 Å². The fraction of sp³-hybridized carbons (Fsp3) is 0.200. The Morgan fingerprint density at radius 3 is 2.76 bits per heavy atom. The first kappa shape index (κ1) is 24.1. The minimum absolute atomic E-state index is 0.00632. The first-order chi connectivity index (χ1) is 18.5. The molecule has 0 bridgehead atoms. The van der Waals surface area contributed by atoms with E-state index in [2.05, 4.69) is 133 Å². The van der Waals surface area contributed by atoms with E-state index in [0.717, 1.165) is 30.5 Å². The van der Waals surface area contributed by atoms with Crippen LogP contribution in [0.2, 0.25) is 0 Å². The van der Waals surface area contributed by atoms with Gasteiger partial charge in [-0.25, -0.2) is 0 Å². The summed E-state index contributed by atoms with van der Waals surface area (Å²) in [5.41, 5.74) is 10.9. The van der Waals surface area contributed by atoms with Crippen molar-refractivity contribution < 1.29 is 0 Å². The maximum Gasteiger partial charge on any atom is 0.0723 e. The monoisotopic (exact) mass is 497 g/mol. The number of hydrogen-bond donors (Lipinski definition) is 0. The quantitative estimate of drug-likeness (QED) is 0.395. The number of nitrogens with zero attached hydrogens (tertiary/aromatic N) is 3. The molecule has 2 atom stereocenters. The zero-order chi connectivity index (χ0) is 26.4. The number of benzene rings is 1. The Kier molecular flexibility index (Phi) is 6.07. The molecule has 190 valence electrons. The maximum absolute atomic E-state index is 4.60. The Balaban J connectivity index is 1.46. The largest absolute Gasteiger partial charge is 0.351 e. The number of likely N-dealkylation sites (N-methyl/N-ethyl adjacent to an activating group) is 1. The van der Waals surface area contributed by atoms with Crippen LogP contribution in [0.4, 0.5) is 0 Å². The van der Waals surface area contributed by atoms with Crippen molar-refractivity contribution in [1.29, 1.82) is 0 Å². The van der Waals surface area contributed by atoms with Gasteiger partial charge in [0.15, 0.2) is 0 Å². The van der Waals surface area contributed by atoms with Crippen LogP contribution < -0.4 is 0 Å². The average molecular weight is 498 g/mol. The lowest BCUT2D eigenvalue weighted by molar-refractivity contribution is 0.375. The molecule has 3 nitrogen and oxygen atoms in total. The van der Waals surface area contributed by atoms with Crippen LogP contribution in [0.15, 0.2) is 133 Å². The van der Waals surface area contributed by atoms with Crippen molar-refractivity contribution in [1.82, 2.24) is 14.4 Å². The zero-order valence-electron chi connectivity index (χ0n) is 22.4. The first-order valence-corrected chi connectivity index (χ1v) is 13.5. The van der Waals surface area contributed by atoms with E-state index in [1.165, 1.54) is 44.8 Å². The maximum atomic E-state index is 4.60. The predicted octanol–water partition coefficient (Wildman–Crippen LogP) is 8.13. The highest BCUT2D eigenvalue weighted by molar-refractivity contribution is 5.95. The third-order valence-electron chi connectivity index (χ3n) is 8.09. The number of allylic oxidation sites excluding steroid dienone is 9. The van der Waals surface area contributed by atoms with Gasteiger partial charge in [-0.15, -0.1) is 6.58 Å². The summed E-state index contributed by atoms with van der Waals surface area (Å²) in [5, 5.41) is 1.31. The fourth-order valence-electron chi connectivity index (χ4n) is 6.25. The van der Waals surface area contributed by atoms with E-state index in [-0.39, 0.29) is 12.0 Å². The Morgan fingerprint density at radius 1 is 1.08 bits per heavy atom. The fourth-order valence-corrected chi connectivity index (χ4v) is 6.25. The van der Waals surface area contributed by atoms with Crippen molar-refractivity contribution in [3.8, 4) is 0 Å². The normalized spacial score (nSPS) is 24.6. The number of rotatable bonds is 4. The lowest BCUT2D eigenvalue weighted by atomic mass is 9.93. The second kappa shape index (κ2) is 9.57. The van der Waals surface area contributed by atoms with Gasteiger partial charge in [0.05, 0.1) is 11.6 Å². The average Bonchev–Trinajstić information content (AvgIpc) is 3.65. The lowest BCUT2D eigenvalue weighted by Gasteiger charge is -2.41. The summed E-state index contributed by atoms with van der Waals surface area (Å²) in [7, 11) is 2.11. The number of aromatic nitrogens is 1. The number of fused-ring (bicyclic) bond motifs is 4. The topological polar surface area (TPSA) is 11.4 Å². The summed E-state index contributed by atoms with van der Waals surface area (Å²) in [6.07, 6.45) is 27.2. The molecule has 0 N–H and O–H groups in total. The van der Waals surface area contributed by atoms with Gasteiger partial charge in [-0.2, -0.15) is 0 Å². The van der Waals surface area contributed by atoms with Crippen LogP contribution in [0.25, 0.3) is 22.7 Å². The molecule has 6 rings (SSSR count). The van der Waals surface area contributed by atoms with Gasteiger partial charge in [-0.05, 0) is 36.6 Å². The van der Waals surface area contributed by atoms with Crippen LogP contribution in [0.3, 0.4) is 0 Å². The second-order valence-electron chi connectivity index (χ2n) is 10.4. The summed E-state index contributed by atoms with van der Waals surface area (Å²) in [6.45, 7) is 15.3. The van der Waals surface area contributed by atoms with E-state index in [1.54, 1.807) is 0 Å². The predicted molar refractivity (Wildman–Crippen MR) is 162 cm³/mol. The Labute approximate surface area is 226 Å². The molecular weight excluding hydrogens is 462 g/mol. The number of hydrogen-bond acceptors (Lipinski definition) is 2. The van der Waals surface area contributed by atoms with E-state index in [4.69, 9.17) is 0 Å². The molecule has 4 aliphatic rings. The SMILES string of the molecule is C=CC/C=C1/C(C)C(n2c3c(c4ccccc42)C=CC3)=CC(=C)N1C1C=CN(C)C2=CCC=C2C(=C)/C=C\1. The summed E-state index contributed by atoms with van der Waals surface area (Å²) in [5.74, 6) is 0.168. The van der Waals surface area contributed by atoms with Gasteiger partial charge in [0.1, 0.15) is 0 Å². The Bertz CT molecular complexity index is 1580. The van der Waals surface area contributed by atoms with Crippen molar-refractivity contribution in [2.45, 2.75) is 32.2 Å². The molecule has 2 aliphatic heterocycles. The summed E-state index contributed by atoms with van der Waals surface area (Å²) >= 11 is 0. The number of para-hydroxylation sites is 1. The van der Waals surface area contributed by atoms with Crippen LogP contribution in [0.5, 0.6) is 0 Å². The van der Waals surface area contributed by atoms with E-state index in [0.29, 0.717) is 0 Å². The van der Waals surface area contributed by atoms with E-state index < -0.39 is 0 Å². The molecule has 0 spiro atoms. The summed E-state index contributed by atoms with van der Waals surface area (Å²) < 4.78 is 2.48. The van der Waals surface area contributed by atoms with Crippen molar-refractivity contribution >= 4 is 22.7 Å². The van der Waals surface area contributed by atoms with Crippen molar-refractivity contribution in [2.75, 3.05) is 7.05 Å². The molecule has 38 heavy (non-hydrogen) atoms. The highest BCUT2D eigenvalue weighted by atomic mass is 15.2. The molecule has 0 saturated heterocycles. The Hall–Kier alpha value is -4.24. The van der Waals surface area contributed by atoms with Crippen molar-refractivity contribution in [3.05, 3.63) is 144 Å². The van der Waals surface area contributed by atoms with Gasteiger partial charge < -0.3 is 14.4 Å². The van der Waals surface area contributed by atoms with Gasteiger partial charge in [-0.3, -0.25) is 0 Å².